The van der Waals surface area contributed by atoms with Crippen molar-refractivity contribution >= 4 is 22.9 Å². The summed E-state index contributed by atoms with van der Waals surface area (Å²) >= 11 is 7.73. The number of benzene rings is 1. The Morgan fingerprint density at radius 2 is 1.82 bits per heavy atom. The number of rotatable bonds is 3. The van der Waals surface area contributed by atoms with Gasteiger partial charge >= 0.3 is 0 Å². The number of thiophene rings is 1. The van der Waals surface area contributed by atoms with Gasteiger partial charge in [-0.15, -0.1) is 22.9 Å². The minimum atomic E-state index is -0.538. The monoisotopic (exact) mass is 272 g/mol. The van der Waals surface area contributed by atoms with Gasteiger partial charge in [0.25, 0.3) is 0 Å². The van der Waals surface area contributed by atoms with Crippen LogP contribution in [0.15, 0.2) is 30.3 Å². The summed E-state index contributed by atoms with van der Waals surface area (Å²) in [5.74, 6) is -1.08. The number of hydrogen-bond acceptors (Lipinski definition) is 1. The molecule has 0 saturated carbocycles. The fourth-order valence-electron chi connectivity index (χ4n) is 1.63. The molecule has 1 atom stereocenters. The van der Waals surface area contributed by atoms with E-state index in [1.54, 1.807) is 11.3 Å². The molecule has 17 heavy (non-hydrogen) atoms. The maximum absolute atomic E-state index is 13.4. The second-order valence-corrected chi connectivity index (χ2v) is 5.67. The van der Waals surface area contributed by atoms with Gasteiger partial charge in [-0.3, -0.25) is 0 Å². The summed E-state index contributed by atoms with van der Waals surface area (Å²) in [5, 5.41) is -0.389. The standard InChI is InChI=1S/C13H11ClF2S/c1-8-5-6-13(17-8)10(14)7-9-11(15)3-2-4-12(9)16/h2-6,10H,7H2,1H3. The lowest BCUT2D eigenvalue weighted by atomic mass is 10.1. The van der Waals surface area contributed by atoms with Crippen molar-refractivity contribution < 1.29 is 8.78 Å². The fraction of sp³-hybridized carbons (Fsp3) is 0.231. The summed E-state index contributed by atoms with van der Waals surface area (Å²) in [4.78, 5) is 2.08. The topological polar surface area (TPSA) is 0 Å². The number of hydrogen-bond donors (Lipinski definition) is 0. The molecule has 0 saturated heterocycles. The van der Waals surface area contributed by atoms with E-state index in [-0.39, 0.29) is 17.4 Å². The normalized spacial score (nSPS) is 12.7. The Labute approximate surface area is 108 Å². The van der Waals surface area contributed by atoms with Gasteiger partial charge in [0, 0.05) is 15.3 Å². The molecule has 1 aromatic carbocycles. The molecule has 1 unspecified atom stereocenters. The van der Waals surface area contributed by atoms with Crippen molar-refractivity contribution in [3.8, 4) is 0 Å². The molecule has 4 heteroatoms. The van der Waals surface area contributed by atoms with E-state index in [0.29, 0.717) is 0 Å². The first kappa shape index (κ1) is 12.5. The summed E-state index contributed by atoms with van der Waals surface area (Å²) < 4.78 is 26.9. The van der Waals surface area contributed by atoms with Gasteiger partial charge in [0.2, 0.25) is 0 Å². The van der Waals surface area contributed by atoms with Gasteiger partial charge < -0.3 is 0 Å². The van der Waals surface area contributed by atoms with Crippen molar-refractivity contribution in [2.45, 2.75) is 18.7 Å². The van der Waals surface area contributed by atoms with Crippen LogP contribution in [-0.2, 0) is 6.42 Å². The van der Waals surface area contributed by atoms with Crippen LogP contribution in [0.1, 0.15) is 20.7 Å². The summed E-state index contributed by atoms with van der Waals surface area (Å²) in [6, 6.07) is 7.71. The Hall–Kier alpha value is -0.930. The zero-order chi connectivity index (χ0) is 12.4. The SMILES string of the molecule is Cc1ccc(C(Cl)Cc2c(F)cccc2F)s1. The molecular formula is C13H11ClF2S. The summed E-state index contributed by atoms with van der Waals surface area (Å²) in [7, 11) is 0. The molecule has 1 aromatic heterocycles. The quantitative estimate of drug-likeness (QED) is 0.700. The first-order valence-electron chi connectivity index (χ1n) is 5.21. The van der Waals surface area contributed by atoms with Crippen LogP contribution in [-0.4, -0.2) is 0 Å². The fourth-order valence-corrected chi connectivity index (χ4v) is 2.84. The zero-order valence-electron chi connectivity index (χ0n) is 9.21. The first-order valence-corrected chi connectivity index (χ1v) is 6.46. The minimum absolute atomic E-state index is 0.0542. The van der Waals surface area contributed by atoms with Gasteiger partial charge in [-0.2, -0.15) is 0 Å². The molecule has 0 fully saturated rings. The van der Waals surface area contributed by atoms with Crippen molar-refractivity contribution in [1.29, 1.82) is 0 Å². The lowest BCUT2D eigenvalue weighted by molar-refractivity contribution is 0.553. The Morgan fingerprint density at radius 1 is 1.18 bits per heavy atom. The van der Waals surface area contributed by atoms with E-state index in [9.17, 15) is 8.78 Å². The molecule has 1 heterocycles. The highest BCUT2D eigenvalue weighted by Gasteiger charge is 2.16. The highest BCUT2D eigenvalue weighted by atomic mass is 35.5. The summed E-state index contributed by atoms with van der Waals surface area (Å²) in [6.07, 6.45) is 0.167. The molecule has 0 radical (unpaired) electrons. The van der Waals surface area contributed by atoms with E-state index in [4.69, 9.17) is 11.6 Å². The van der Waals surface area contributed by atoms with Crippen molar-refractivity contribution in [3.63, 3.8) is 0 Å². The van der Waals surface area contributed by atoms with Crippen LogP contribution < -0.4 is 0 Å². The van der Waals surface area contributed by atoms with Gasteiger partial charge in [-0.25, -0.2) is 8.78 Å². The lowest BCUT2D eigenvalue weighted by Crippen LogP contribution is -2.00. The highest BCUT2D eigenvalue weighted by Crippen LogP contribution is 2.31. The predicted molar refractivity (Wildman–Crippen MR) is 67.7 cm³/mol. The van der Waals surface area contributed by atoms with E-state index in [2.05, 4.69) is 0 Å². The molecule has 0 aliphatic heterocycles. The molecule has 2 rings (SSSR count). The number of halogens is 3. The molecule has 90 valence electrons. The minimum Gasteiger partial charge on any atom is -0.207 e. The van der Waals surface area contributed by atoms with Crippen LogP contribution in [0.4, 0.5) is 8.78 Å². The van der Waals surface area contributed by atoms with E-state index >= 15 is 0 Å². The van der Waals surface area contributed by atoms with Crippen LogP contribution in [0.5, 0.6) is 0 Å². The largest absolute Gasteiger partial charge is 0.207 e. The molecule has 2 aromatic rings. The Balaban J connectivity index is 2.21. The average Bonchev–Trinajstić information content (AvgIpc) is 2.70. The van der Waals surface area contributed by atoms with E-state index < -0.39 is 11.6 Å². The van der Waals surface area contributed by atoms with Crippen LogP contribution in [0.25, 0.3) is 0 Å². The Morgan fingerprint density at radius 3 is 2.35 bits per heavy atom. The third-order valence-electron chi connectivity index (χ3n) is 2.51. The summed E-state index contributed by atoms with van der Waals surface area (Å²) in [6.45, 7) is 1.97. The van der Waals surface area contributed by atoms with Gasteiger partial charge in [-0.05, 0) is 37.6 Å². The highest BCUT2D eigenvalue weighted by molar-refractivity contribution is 7.12. The van der Waals surface area contributed by atoms with Crippen LogP contribution in [0.3, 0.4) is 0 Å². The van der Waals surface area contributed by atoms with E-state index in [1.807, 2.05) is 19.1 Å². The molecule has 0 aliphatic rings. The molecule has 0 N–H and O–H groups in total. The molecule has 0 spiro atoms. The predicted octanol–water partition coefficient (Wildman–Crippen LogP) is 4.86. The van der Waals surface area contributed by atoms with Crippen molar-refractivity contribution in [1.82, 2.24) is 0 Å². The van der Waals surface area contributed by atoms with Gasteiger partial charge in [0.1, 0.15) is 11.6 Å². The summed E-state index contributed by atoms with van der Waals surface area (Å²) in [5.41, 5.74) is 0.0542. The first-order chi connectivity index (χ1) is 8.08. The van der Waals surface area contributed by atoms with E-state index in [0.717, 1.165) is 9.75 Å². The smallest absolute Gasteiger partial charge is 0.129 e. The maximum Gasteiger partial charge on any atom is 0.129 e. The number of alkyl halides is 1. The van der Waals surface area contributed by atoms with Crippen LogP contribution in [0, 0.1) is 18.6 Å². The Kier molecular flexibility index (Phi) is 3.79. The number of aryl methyl sites for hydroxylation is 1. The van der Waals surface area contributed by atoms with Gasteiger partial charge in [0.15, 0.2) is 0 Å². The molecule has 0 aliphatic carbocycles. The van der Waals surface area contributed by atoms with Crippen molar-refractivity contribution in [2.75, 3.05) is 0 Å². The zero-order valence-corrected chi connectivity index (χ0v) is 10.8. The molecule has 0 nitrogen and oxygen atoms in total. The van der Waals surface area contributed by atoms with Gasteiger partial charge in [-0.1, -0.05) is 6.07 Å². The third-order valence-corrected chi connectivity index (χ3v) is 4.15. The van der Waals surface area contributed by atoms with Crippen LogP contribution >= 0.6 is 22.9 Å². The Bertz CT molecular complexity index is 502. The molecule has 0 bridgehead atoms. The van der Waals surface area contributed by atoms with Gasteiger partial charge in [0.05, 0.1) is 5.38 Å². The second kappa shape index (κ2) is 5.15. The third kappa shape index (κ3) is 2.85. The van der Waals surface area contributed by atoms with Crippen molar-refractivity contribution in [3.05, 3.63) is 57.3 Å². The maximum atomic E-state index is 13.4. The molecular weight excluding hydrogens is 262 g/mol. The second-order valence-electron chi connectivity index (χ2n) is 3.82. The van der Waals surface area contributed by atoms with E-state index in [1.165, 1.54) is 18.2 Å². The van der Waals surface area contributed by atoms with Crippen LogP contribution in [0.2, 0.25) is 0 Å². The average molecular weight is 273 g/mol. The van der Waals surface area contributed by atoms with Crippen molar-refractivity contribution in [2.24, 2.45) is 0 Å². The molecule has 0 amide bonds. The lowest BCUT2D eigenvalue weighted by Gasteiger charge is -2.09.